The molecule has 18 heavy (non-hydrogen) atoms. The number of nitrogens with zero attached hydrogens (tertiary/aromatic N) is 2. The van der Waals surface area contributed by atoms with Crippen LogP contribution in [0.15, 0.2) is 28.8 Å². The largest absolute Gasteiger partial charge is 0.493 e. The van der Waals surface area contributed by atoms with Crippen molar-refractivity contribution < 1.29 is 9.26 Å². The van der Waals surface area contributed by atoms with Gasteiger partial charge in [0, 0.05) is 12.5 Å². The lowest BCUT2D eigenvalue weighted by atomic mass is 10.1. The molecule has 2 aromatic rings. The average Bonchev–Trinajstić information content (AvgIpc) is 2.88. The summed E-state index contributed by atoms with van der Waals surface area (Å²) in [6.07, 6.45) is 0. The van der Waals surface area contributed by atoms with Gasteiger partial charge in [0.1, 0.15) is 5.75 Å². The Morgan fingerprint density at radius 3 is 2.89 bits per heavy atom. The Kier molecular flexibility index (Phi) is 3.94. The lowest BCUT2D eigenvalue weighted by molar-refractivity contribution is 0.340. The Balaban J connectivity index is 2.33. The first kappa shape index (κ1) is 12.6. The lowest BCUT2D eigenvalue weighted by Crippen LogP contribution is -2.09. The molecule has 2 N–H and O–H groups in total. The standard InChI is InChI=1S/C13H17N3O2/c1-3-17-11-7-5-4-6-10(11)12-15-13(18-16-12)9(2)8-14/h4-7,9H,3,8,14H2,1-2H3. The van der Waals surface area contributed by atoms with Gasteiger partial charge in [0.15, 0.2) is 0 Å². The second kappa shape index (κ2) is 5.64. The van der Waals surface area contributed by atoms with Gasteiger partial charge >= 0.3 is 0 Å². The Hall–Kier alpha value is -1.88. The number of rotatable bonds is 5. The number of benzene rings is 1. The molecule has 0 aliphatic rings. The highest BCUT2D eigenvalue weighted by atomic mass is 16.5. The van der Waals surface area contributed by atoms with Crippen molar-refractivity contribution in [1.82, 2.24) is 10.1 Å². The summed E-state index contributed by atoms with van der Waals surface area (Å²) in [6.45, 7) is 4.97. The highest BCUT2D eigenvalue weighted by molar-refractivity contribution is 5.63. The molecule has 5 nitrogen and oxygen atoms in total. The second-order valence-corrected chi connectivity index (χ2v) is 4.02. The zero-order valence-corrected chi connectivity index (χ0v) is 10.6. The van der Waals surface area contributed by atoms with E-state index in [4.69, 9.17) is 15.0 Å². The Labute approximate surface area is 106 Å². The first-order chi connectivity index (χ1) is 8.76. The number of hydrogen-bond donors (Lipinski definition) is 1. The molecule has 1 aromatic heterocycles. The van der Waals surface area contributed by atoms with Crippen molar-refractivity contribution in [1.29, 1.82) is 0 Å². The van der Waals surface area contributed by atoms with E-state index in [1.165, 1.54) is 0 Å². The second-order valence-electron chi connectivity index (χ2n) is 4.02. The average molecular weight is 247 g/mol. The van der Waals surface area contributed by atoms with Gasteiger partial charge in [0.2, 0.25) is 11.7 Å². The summed E-state index contributed by atoms with van der Waals surface area (Å²) in [6, 6.07) is 7.63. The zero-order chi connectivity index (χ0) is 13.0. The molecule has 1 unspecified atom stereocenters. The molecule has 0 aliphatic heterocycles. The van der Waals surface area contributed by atoms with E-state index >= 15 is 0 Å². The van der Waals surface area contributed by atoms with Gasteiger partial charge < -0.3 is 15.0 Å². The molecular weight excluding hydrogens is 230 g/mol. The highest BCUT2D eigenvalue weighted by Gasteiger charge is 2.16. The number of aromatic nitrogens is 2. The van der Waals surface area contributed by atoms with Crippen LogP contribution < -0.4 is 10.5 Å². The van der Waals surface area contributed by atoms with Crippen molar-refractivity contribution >= 4 is 0 Å². The zero-order valence-electron chi connectivity index (χ0n) is 10.6. The first-order valence-corrected chi connectivity index (χ1v) is 6.02. The van der Waals surface area contributed by atoms with Gasteiger partial charge in [-0.1, -0.05) is 24.2 Å². The van der Waals surface area contributed by atoms with Crippen LogP contribution in [0.5, 0.6) is 5.75 Å². The lowest BCUT2D eigenvalue weighted by Gasteiger charge is -2.06. The highest BCUT2D eigenvalue weighted by Crippen LogP contribution is 2.28. The smallest absolute Gasteiger partial charge is 0.231 e. The molecule has 1 aromatic carbocycles. The molecule has 96 valence electrons. The fourth-order valence-electron chi connectivity index (χ4n) is 1.58. The molecule has 5 heteroatoms. The minimum absolute atomic E-state index is 0.0607. The SMILES string of the molecule is CCOc1ccccc1-c1noc(C(C)CN)n1. The molecule has 0 saturated heterocycles. The number of nitrogens with two attached hydrogens (primary N) is 1. The molecule has 0 amide bonds. The summed E-state index contributed by atoms with van der Waals surface area (Å²) in [5, 5.41) is 3.98. The van der Waals surface area contributed by atoms with Crippen LogP contribution in [-0.4, -0.2) is 23.3 Å². The van der Waals surface area contributed by atoms with Crippen molar-refractivity contribution in [2.75, 3.05) is 13.2 Å². The van der Waals surface area contributed by atoms with E-state index in [0.29, 0.717) is 24.9 Å². The van der Waals surface area contributed by atoms with Gasteiger partial charge in [-0.25, -0.2) is 0 Å². The molecule has 0 bridgehead atoms. The van der Waals surface area contributed by atoms with Gasteiger partial charge in [0.05, 0.1) is 12.2 Å². The van der Waals surface area contributed by atoms with E-state index in [1.807, 2.05) is 38.1 Å². The summed E-state index contributed by atoms with van der Waals surface area (Å²) in [5.41, 5.74) is 6.41. The summed E-state index contributed by atoms with van der Waals surface area (Å²) in [4.78, 5) is 4.36. The van der Waals surface area contributed by atoms with E-state index in [9.17, 15) is 0 Å². The van der Waals surface area contributed by atoms with Gasteiger partial charge in [0.25, 0.3) is 0 Å². The van der Waals surface area contributed by atoms with Crippen molar-refractivity contribution in [3.8, 4) is 17.1 Å². The maximum atomic E-state index is 5.58. The minimum Gasteiger partial charge on any atom is -0.493 e. The van der Waals surface area contributed by atoms with Crippen molar-refractivity contribution in [3.05, 3.63) is 30.2 Å². The fourth-order valence-corrected chi connectivity index (χ4v) is 1.58. The van der Waals surface area contributed by atoms with Crippen LogP contribution in [0.2, 0.25) is 0 Å². The Bertz CT molecular complexity index is 510. The summed E-state index contributed by atoms with van der Waals surface area (Å²) >= 11 is 0. The maximum absolute atomic E-state index is 5.58. The van der Waals surface area contributed by atoms with Crippen LogP contribution in [-0.2, 0) is 0 Å². The molecule has 0 aliphatic carbocycles. The van der Waals surface area contributed by atoms with Crippen molar-refractivity contribution in [2.24, 2.45) is 5.73 Å². The molecule has 2 rings (SSSR count). The van der Waals surface area contributed by atoms with Crippen LogP contribution in [0.4, 0.5) is 0 Å². The summed E-state index contributed by atoms with van der Waals surface area (Å²) < 4.78 is 10.7. The van der Waals surface area contributed by atoms with Crippen LogP contribution >= 0.6 is 0 Å². The molecule has 1 heterocycles. The van der Waals surface area contributed by atoms with Crippen LogP contribution in [0.3, 0.4) is 0 Å². The van der Waals surface area contributed by atoms with Gasteiger partial charge in [-0.05, 0) is 19.1 Å². The number of ether oxygens (including phenoxy) is 1. The summed E-state index contributed by atoms with van der Waals surface area (Å²) in [5.74, 6) is 1.91. The van der Waals surface area contributed by atoms with Crippen molar-refractivity contribution in [2.45, 2.75) is 19.8 Å². The third-order valence-corrected chi connectivity index (χ3v) is 2.64. The van der Waals surface area contributed by atoms with E-state index < -0.39 is 0 Å². The van der Waals surface area contributed by atoms with Crippen LogP contribution in [0.25, 0.3) is 11.4 Å². The third kappa shape index (κ3) is 2.51. The normalized spacial score (nSPS) is 12.4. The van der Waals surface area contributed by atoms with E-state index in [1.54, 1.807) is 0 Å². The molecule has 0 saturated carbocycles. The summed E-state index contributed by atoms with van der Waals surface area (Å²) in [7, 11) is 0. The molecule has 0 radical (unpaired) electrons. The number of hydrogen-bond acceptors (Lipinski definition) is 5. The topological polar surface area (TPSA) is 74.2 Å². The molecule has 1 atom stereocenters. The Morgan fingerprint density at radius 2 is 2.17 bits per heavy atom. The number of para-hydroxylation sites is 1. The van der Waals surface area contributed by atoms with Gasteiger partial charge in [-0.3, -0.25) is 0 Å². The molecule has 0 spiro atoms. The minimum atomic E-state index is 0.0607. The van der Waals surface area contributed by atoms with Crippen LogP contribution in [0, 0.1) is 0 Å². The predicted octanol–water partition coefficient (Wildman–Crippen LogP) is 2.20. The third-order valence-electron chi connectivity index (χ3n) is 2.64. The van der Waals surface area contributed by atoms with E-state index in [2.05, 4.69) is 10.1 Å². The van der Waals surface area contributed by atoms with Gasteiger partial charge in [-0.2, -0.15) is 4.98 Å². The van der Waals surface area contributed by atoms with E-state index in [-0.39, 0.29) is 5.92 Å². The predicted molar refractivity (Wildman–Crippen MR) is 68.4 cm³/mol. The van der Waals surface area contributed by atoms with E-state index in [0.717, 1.165) is 11.3 Å². The van der Waals surface area contributed by atoms with Gasteiger partial charge in [-0.15, -0.1) is 0 Å². The molecule has 0 fully saturated rings. The fraction of sp³-hybridized carbons (Fsp3) is 0.385. The molecular formula is C13H17N3O2. The quantitative estimate of drug-likeness (QED) is 0.876. The van der Waals surface area contributed by atoms with Crippen LogP contribution in [0.1, 0.15) is 25.7 Å². The monoisotopic (exact) mass is 247 g/mol. The Morgan fingerprint density at radius 1 is 1.39 bits per heavy atom. The first-order valence-electron chi connectivity index (χ1n) is 6.02. The maximum Gasteiger partial charge on any atom is 0.231 e. The van der Waals surface area contributed by atoms with Crippen molar-refractivity contribution in [3.63, 3.8) is 0 Å².